The highest BCUT2D eigenvalue weighted by Gasteiger charge is 2.51. The van der Waals surface area contributed by atoms with Crippen LogP contribution in [0.15, 0.2) is 48.5 Å². The van der Waals surface area contributed by atoms with Crippen LogP contribution in [0, 0.1) is 5.92 Å². The van der Waals surface area contributed by atoms with Gasteiger partial charge in [0.25, 0.3) is 5.91 Å². The van der Waals surface area contributed by atoms with Gasteiger partial charge in [-0.05, 0) is 68.4 Å². The van der Waals surface area contributed by atoms with Crippen molar-refractivity contribution in [3.63, 3.8) is 0 Å². The van der Waals surface area contributed by atoms with Gasteiger partial charge in [-0.25, -0.2) is 10.5 Å². The smallest absolute Gasteiger partial charge is 0.251 e. The molecular formula is C28H32N4O4. The zero-order valence-electron chi connectivity index (χ0n) is 20.3. The molecule has 188 valence electrons. The summed E-state index contributed by atoms with van der Waals surface area (Å²) in [5.41, 5.74) is 5.19. The van der Waals surface area contributed by atoms with Crippen molar-refractivity contribution < 1.29 is 19.5 Å². The number of hydroxylamine groups is 1. The van der Waals surface area contributed by atoms with Gasteiger partial charge in [0.2, 0.25) is 5.91 Å². The summed E-state index contributed by atoms with van der Waals surface area (Å²) in [6, 6.07) is 15.5. The Morgan fingerprint density at radius 1 is 1.08 bits per heavy atom. The molecule has 3 fully saturated rings. The molecule has 6 rings (SSSR count). The Hall–Kier alpha value is -3.23. The van der Waals surface area contributed by atoms with E-state index in [0.717, 1.165) is 35.3 Å². The molecule has 2 amide bonds. The van der Waals surface area contributed by atoms with Crippen LogP contribution in [0.4, 0.5) is 0 Å². The van der Waals surface area contributed by atoms with E-state index in [9.17, 15) is 14.8 Å². The van der Waals surface area contributed by atoms with Gasteiger partial charge in [0.05, 0.1) is 22.6 Å². The molecule has 2 aromatic carbocycles. The summed E-state index contributed by atoms with van der Waals surface area (Å²) in [6.07, 6.45) is 6.53. The Kier molecular flexibility index (Phi) is 6.01. The molecule has 1 aliphatic heterocycles. The molecule has 8 nitrogen and oxygen atoms in total. The maximum absolute atomic E-state index is 13.1. The van der Waals surface area contributed by atoms with Crippen LogP contribution in [0.3, 0.4) is 0 Å². The predicted molar refractivity (Wildman–Crippen MR) is 134 cm³/mol. The molecule has 1 saturated heterocycles. The second kappa shape index (κ2) is 9.33. The van der Waals surface area contributed by atoms with Crippen molar-refractivity contribution >= 4 is 22.8 Å². The number of ether oxygens (including phenoxy) is 1. The maximum atomic E-state index is 13.1. The average molecular weight is 489 g/mol. The molecule has 36 heavy (non-hydrogen) atoms. The van der Waals surface area contributed by atoms with Gasteiger partial charge in [0, 0.05) is 30.7 Å². The van der Waals surface area contributed by atoms with Crippen LogP contribution in [-0.4, -0.2) is 44.8 Å². The lowest BCUT2D eigenvalue weighted by atomic mass is 9.85. The zero-order valence-corrected chi connectivity index (χ0v) is 20.3. The molecule has 8 heteroatoms. The lowest BCUT2D eigenvalue weighted by molar-refractivity contribution is -0.134. The van der Waals surface area contributed by atoms with Crippen LogP contribution in [0.5, 0.6) is 0 Å². The molecule has 3 atom stereocenters. The topological polar surface area (TPSA) is 105 Å². The molecule has 3 aliphatic rings. The van der Waals surface area contributed by atoms with E-state index >= 15 is 0 Å². The van der Waals surface area contributed by atoms with Gasteiger partial charge in [0.1, 0.15) is 5.82 Å². The summed E-state index contributed by atoms with van der Waals surface area (Å²) in [4.78, 5) is 30.3. The number of aromatic nitrogens is 2. The van der Waals surface area contributed by atoms with Gasteiger partial charge < -0.3 is 14.6 Å². The number of para-hydroxylation sites is 2. The second-order valence-corrected chi connectivity index (χ2v) is 10.6. The number of carbonyl (C=O) groups excluding carboxylic acids is 2. The third-order valence-corrected chi connectivity index (χ3v) is 8.33. The Bertz CT molecular complexity index is 1270. The van der Waals surface area contributed by atoms with E-state index in [4.69, 9.17) is 9.72 Å². The number of hydrogen-bond acceptors (Lipinski definition) is 5. The first-order valence-corrected chi connectivity index (χ1v) is 13.0. The molecule has 0 radical (unpaired) electrons. The molecule has 2 saturated carbocycles. The van der Waals surface area contributed by atoms with E-state index in [1.807, 2.05) is 36.4 Å². The Labute approximate surface area is 210 Å². The number of amides is 2. The second-order valence-electron chi connectivity index (χ2n) is 10.6. The van der Waals surface area contributed by atoms with Crippen LogP contribution in [0.2, 0.25) is 0 Å². The zero-order chi connectivity index (χ0) is 24.7. The van der Waals surface area contributed by atoms with Crippen molar-refractivity contribution in [2.45, 2.75) is 69.1 Å². The largest absolute Gasteiger partial charge is 0.375 e. The number of benzene rings is 2. The number of carbonyl (C=O) groups is 2. The highest BCUT2D eigenvalue weighted by atomic mass is 16.5. The predicted octanol–water partition coefficient (Wildman–Crippen LogP) is 3.92. The van der Waals surface area contributed by atoms with E-state index in [1.165, 1.54) is 19.3 Å². The van der Waals surface area contributed by atoms with Crippen LogP contribution in [-0.2, 0) is 16.1 Å². The summed E-state index contributed by atoms with van der Waals surface area (Å²) in [6.45, 7) is 1.37. The minimum atomic E-state index is -0.518. The van der Waals surface area contributed by atoms with Gasteiger partial charge in [-0.1, -0.05) is 30.7 Å². The van der Waals surface area contributed by atoms with E-state index in [2.05, 4.69) is 22.0 Å². The van der Waals surface area contributed by atoms with Crippen molar-refractivity contribution in [1.29, 1.82) is 0 Å². The highest BCUT2D eigenvalue weighted by molar-refractivity contribution is 5.95. The van der Waals surface area contributed by atoms with Crippen molar-refractivity contribution in [3.8, 4) is 0 Å². The van der Waals surface area contributed by atoms with Crippen molar-refractivity contribution in [2.75, 3.05) is 6.61 Å². The number of imidazole rings is 1. The molecular weight excluding hydrogens is 456 g/mol. The van der Waals surface area contributed by atoms with Crippen LogP contribution in [0.1, 0.15) is 72.6 Å². The van der Waals surface area contributed by atoms with Gasteiger partial charge in [-0.15, -0.1) is 0 Å². The van der Waals surface area contributed by atoms with Crippen LogP contribution in [0.25, 0.3) is 11.0 Å². The molecule has 3 N–H and O–H groups in total. The van der Waals surface area contributed by atoms with Crippen LogP contribution >= 0.6 is 0 Å². The highest BCUT2D eigenvalue weighted by Crippen LogP contribution is 2.44. The van der Waals surface area contributed by atoms with E-state index < -0.39 is 11.8 Å². The summed E-state index contributed by atoms with van der Waals surface area (Å²) >= 11 is 0. The first-order chi connectivity index (χ1) is 17.5. The third-order valence-electron chi connectivity index (χ3n) is 8.33. The molecule has 1 spiro atoms. The maximum Gasteiger partial charge on any atom is 0.251 e. The number of hydrogen-bond donors (Lipinski definition) is 3. The van der Waals surface area contributed by atoms with Crippen LogP contribution < -0.4 is 10.8 Å². The van der Waals surface area contributed by atoms with Crippen molar-refractivity contribution in [3.05, 3.63) is 65.5 Å². The first kappa shape index (κ1) is 23.2. The first-order valence-electron chi connectivity index (χ1n) is 13.0. The molecule has 0 unspecified atom stereocenters. The lowest BCUT2D eigenvalue weighted by Gasteiger charge is -2.25. The molecule has 1 aromatic heterocycles. The Morgan fingerprint density at radius 2 is 1.89 bits per heavy atom. The molecule has 0 bridgehead atoms. The van der Waals surface area contributed by atoms with Crippen molar-refractivity contribution in [2.24, 2.45) is 5.92 Å². The van der Waals surface area contributed by atoms with Gasteiger partial charge in [0.15, 0.2) is 0 Å². The lowest BCUT2D eigenvalue weighted by Crippen LogP contribution is -2.43. The Balaban J connectivity index is 1.18. The van der Waals surface area contributed by atoms with Gasteiger partial charge in [-0.3, -0.25) is 14.8 Å². The fourth-order valence-electron chi connectivity index (χ4n) is 6.19. The summed E-state index contributed by atoms with van der Waals surface area (Å²) in [5.74, 6) is 0.459. The van der Waals surface area contributed by atoms with Crippen molar-refractivity contribution in [1.82, 2.24) is 20.3 Å². The number of rotatable bonds is 6. The third kappa shape index (κ3) is 4.18. The number of fused-ring (bicyclic) bond motifs is 1. The number of nitrogens with zero attached hydrogens (tertiary/aromatic N) is 2. The monoisotopic (exact) mass is 488 g/mol. The normalized spacial score (nSPS) is 25.8. The summed E-state index contributed by atoms with van der Waals surface area (Å²) in [7, 11) is 0. The van der Waals surface area contributed by atoms with E-state index in [-0.39, 0.29) is 17.6 Å². The summed E-state index contributed by atoms with van der Waals surface area (Å²) in [5, 5.41) is 12.2. The molecule has 2 heterocycles. The minimum absolute atomic E-state index is 0.222. The fraction of sp³-hybridized carbons (Fsp3) is 0.464. The Morgan fingerprint density at radius 3 is 2.58 bits per heavy atom. The van der Waals surface area contributed by atoms with Gasteiger partial charge >= 0.3 is 0 Å². The number of nitrogens with one attached hydrogen (secondary N) is 2. The van der Waals surface area contributed by atoms with E-state index in [1.54, 1.807) is 5.48 Å². The SMILES string of the molecule is O=C(N[C@@H]1C[C@@]2(CCCO2)C[C@@H]1C(=O)NO)c1ccc(Cn2c(C3CCC3)nc3ccccc32)cc1. The van der Waals surface area contributed by atoms with Gasteiger partial charge in [-0.2, -0.15) is 0 Å². The fourth-order valence-corrected chi connectivity index (χ4v) is 6.19. The molecule has 2 aliphatic carbocycles. The average Bonchev–Trinajstić information content (AvgIpc) is 3.56. The minimum Gasteiger partial charge on any atom is -0.375 e. The summed E-state index contributed by atoms with van der Waals surface area (Å²) < 4.78 is 8.27. The molecule has 3 aromatic rings. The van der Waals surface area contributed by atoms with E-state index in [0.29, 0.717) is 37.5 Å². The quantitative estimate of drug-likeness (QED) is 0.360. The standard InChI is InChI=1S/C28H32N4O4/c33-26(30-23-16-28(13-4-14-36-28)15-21(23)27(34)31-35)20-11-9-18(10-12-20)17-32-24-8-2-1-7-22(24)29-25(32)19-5-3-6-19/h1-2,7-12,19,21,23,35H,3-6,13-17H2,(H,30,33)(H,31,34)/t21-,23+,28+/m0/s1.